The van der Waals surface area contributed by atoms with E-state index in [2.05, 4.69) is 0 Å². The van der Waals surface area contributed by atoms with Crippen molar-refractivity contribution in [2.45, 2.75) is 39.5 Å². The van der Waals surface area contributed by atoms with Crippen molar-refractivity contribution in [3.63, 3.8) is 0 Å². The zero-order valence-electron chi connectivity index (χ0n) is 11.4. The third-order valence-corrected chi connectivity index (χ3v) is 2.80. The lowest BCUT2D eigenvalue weighted by molar-refractivity contribution is 0.0350. The van der Waals surface area contributed by atoms with Gasteiger partial charge in [-0.3, -0.25) is 4.90 Å². The number of nitrogens with zero attached hydrogens (tertiary/aromatic N) is 1. The van der Waals surface area contributed by atoms with E-state index in [0.29, 0.717) is 25.2 Å². The maximum atomic E-state index is 13.7. The molecule has 3 nitrogen and oxygen atoms in total. The van der Waals surface area contributed by atoms with Gasteiger partial charge in [-0.1, -0.05) is 19.1 Å². The Balaban J connectivity index is 2.81. The van der Waals surface area contributed by atoms with Gasteiger partial charge in [-0.05, 0) is 32.0 Å². The lowest BCUT2D eigenvalue weighted by atomic mass is 10.1. The maximum absolute atomic E-state index is 13.7. The third-order valence-electron chi connectivity index (χ3n) is 2.80. The Morgan fingerprint density at radius 2 is 2.06 bits per heavy atom. The molecule has 1 aromatic carbocycles. The fraction of sp³-hybridized carbons (Fsp3) is 0.571. The van der Waals surface area contributed by atoms with Crippen LogP contribution in [0.2, 0.25) is 0 Å². The second-order valence-electron chi connectivity index (χ2n) is 5.25. The fourth-order valence-corrected chi connectivity index (χ4v) is 1.94. The highest BCUT2D eigenvalue weighted by Gasteiger charge is 2.18. The Morgan fingerprint density at radius 1 is 1.39 bits per heavy atom. The summed E-state index contributed by atoms with van der Waals surface area (Å²) in [6.45, 7) is 7.66. The van der Waals surface area contributed by atoms with Gasteiger partial charge in [-0.25, -0.2) is 4.39 Å². The molecule has 0 aliphatic carbocycles. The minimum atomic E-state index is -0.780. The number of halogens is 1. The highest BCUT2D eigenvalue weighted by Crippen LogP contribution is 2.15. The van der Waals surface area contributed by atoms with Gasteiger partial charge in [-0.15, -0.1) is 0 Å². The quantitative estimate of drug-likeness (QED) is 0.815. The number of hydrogen-bond acceptors (Lipinski definition) is 3. The fourth-order valence-electron chi connectivity index (χ4n) is 1.94. The van der Waals surface area contributed by atoms with Crippen LogP contribution >= 0.6 is 0 Å². The molecule has 3 N–H and O–H groups in total. The van der Waals surface area contributed by atoms with Crippen LogP contribution in [-0.4, -0.2) is 28.7 Å². The van der Waals surface area contributed by atoms with E-state index in [1.807, 2.05) is 11.8 Å². The Hall–Kier alpha value is -0.970. The van der Waals surface area contributed by atoms with Gasteiger partial charge < -0.3 is 10.8 Å². The average molecular weight is 254 g/mol. The predicted octanol–water partition coefficient (Wildman–Crippen LogP) is 1.88. The van der Waals surface area contributed by atoms with Gasteiger partial charge in [0.15, 0.2) is 0 Å². The molecule has 0 aliphatic rings. The molecule has 18 heavy (non-hydrogen) atoms. The minimum absolute atomic E-state index is 0.221. The molecule has 0 saturated heterocycles. The van der Waals surface area contributed by atoms with Crippen LogP contribution in [0.3, 0.4) is 0 Å². The van der Waals surface area contributed by atoms with Crippen molar-refractivity contribution in [1.82, 2.24) is 4.90 Å². The van der Waals surface area contributed by atoms with Gasteiger partial charge in [0.1, 0.15) is 5.82 Å². The summed E-state index contributed by atoms with van der Waals surface area (Å²) >= 11 is 0. The molecule has 0 amide bonds. The number of likely N-dealkylation sites (N-methyl/N-ethyl adjacent to an activating group) is 1. The van der Waals surface area contributed by atoms with Crippen LogP contribution in [0.15, 0.2) is 18.2 Å². The molecule has 0 aliphatic heterocycles. The molecule has 0 radical (unpaired) electrons. The number of nitrogens with two attached hydrogens (primary N) is 1. The zero-order chi connectivity index (χ0) is 13.8. The summed E-state index contributed by atoms with van der Waals surface area (Å²) in [5.41, 5.74) is 6.33. The Kier molecular flexibility index (Phi) is 5.26. The zero-order valence-corrected chi connectivity index (χ0v) is 11.4. The van der Waals surface area contributed by atoms with E-state index in [1.165, 1.54) is 6.07 Å². The molecule has 0 fully saturated rings. The molecule has 1 rings (SSSR count). The van der Waals surface area contributed by atoms with Crippen LogP contribution in [0, 0.1) is 5.82 Å². The minimum Gasteiger partial charge on any atom is -0.389 e. The van der Waals surface area contributed by atoms with E-state index in [9.17, 15) is 9.50 Å². The Bertz CT molecular complexity index is 388. The molecule has 4 heteroatoms. The molecule has 102 valence electrons. The molecular weight excluding hydrogens is 231 g/mol. The number of aliphatic hydroxyl groups is 1. The van der Waals surface area contributed by atoms with Crippen molar-refractivity contribution in [3.8, 4) is 0 Å². The summed E-state index contributed by atoms with van der Waals surface area (Å²) in [4.78, 5) is 2.01. The summed E-state index contributed by atoms with van der Waals surface area (Å²) in [5, 5.41) is 9.81. The smallest absolute Gasteiger partial charge is 0.127 e. The molecule has 1 aromatic rings. The van der Waals surface area contributed by atoms with E-state index in [1.54, 1.807) is 26.0 Å². The first-order chi connectivity index (χ1) is 8.35. The Labute approximate surface area is 108 Å². The molecule has 0 aromatic heterocycles. The summed E-state index contributed by atoms with van der Waals surface area (Å²) in [6.07, 6.45) is 0. The number of benzene rings is 1. The van der Waals surface area contributed by atoms with Gasteiger partial charge in [0.25, 0.3) is 0 Å². The van der Waals surface area contributed by atoms with Gasteiger partial charge in [-0.2, -0.15) is 0 Å². The third kappa shape index (κ3) is 4.72. The van der Waals surface area contributed by atoms with Crippen molar-refractivity contribution in [2.75, 3.05) is 13.1 Å². The van der Waals surface area contributed by atoms with Crippen LogP contribution in [0.4, 0.5) is 4.39 Å². The second-order valence-corrected chi connectivity index (χ2v) is 5.25. The van der Waals surface area contributed by atoms with Crippen molar-refractivity contribution >= 4 is 0 Å². The predicted molar refractivity (Wildman–Crippen MR) is 71.5 cm³/mol. The maximum Gasteiger partial charge on any atom is 0.127 e. The first-order valence-corrected chi connectivity index (χ1v) is 6.28. The standard InChI is InChI=1S/C14H23FN2O/c1-4-17(10-14(2,3)18)9-12-7-11(8-16)5-6-13(12)15/h5-7,18H,4,8-10,16H2,1-3H3. The lowest BCUT2D eigenvalue weighted by Gasteiger charge is -2.28. The first-order valence-electron chi connectivity index (χ1n) is 6.28. The lowest BCUT2D eigenvalue weighted by Crippen LogP contribution is -2.38. The van der Waals surface area contributed by atoms with E-state index in [4.69, 9.17) is 5.73 Å². The number of rotatable bonds is 6. The molecule has 0 heterocycles. The summed E-state index contributed by atoms with van der Waals surface area (Å²) in [6, 6.07) is 4.95. The van der Waals surface area contributed by atoms with E-state index in [0.717, 1.165) is 12.1 Å². The highest BCUT2D eigenvalue weighted by atomic mass is 19.1. The normalized spacial score (nSPS) is 12.2. The molecule has 0 spiro atoms. The average Bonchev–Trinajstić information content (AvgIpc) is 2.29. The Morgan fingerprint density at radius 3 is 2.56 bits per heavy atom. The van der Waals surface area contributed by atoms with Crippen molar-refractivity contribution < 1.29 is 9.50 Å². The molecular formula is C14H23FN2O. The van der Waals surface area contributed by atoms with Gasteiger partial charge >= 0.3 is 0 Å². The topological polar surface area (TPSA) is 49.5 Å². The van der Waals surface area contributed by atoms with Gasteiger partial charge in [0, 0.05) is 25.2 Å². The first kappa shape index (κ1) is 15.1. The van der Waals surface area contributed by atoms with Crippen LogP contribution < -0.4 is 5.73 Å². The largest absolute Gasteiger partial charge is 0.389 e. The van der Waals surface area contributed by atoms with Crippen LogP contribution in [0.5, 0.6) is 0 Å². The number of hydrogen-bond donors (Lipinski definition) is 2. The molecule has 0 unspecified atom stereocenters. The SMILES string of the molecule is CCN(Cc1cc(CN)ccc1F)CC(C)(C)O. The molecule has 0 saturated carbocycles. The molecule has 0 atom stereocenters. The van der Waals surface area contributed by atoms with Gasteiger partial charge in [0.05, 0.1) is 5.60 Å². The van der Waals surface area contributed by atoms with Crippen LogP contribution in [0.25, 0.3) is 0 Å². The summed E-state index contributed by atoms with van der Waals surface area (Å²) in [5.74, 6) is -0.221. The van der Waals surface area contributed by atoms with Crippen molar-refractivity contribution in [3.05, 3.63) is 35.1 Å². The van der Waals surface area contributed by atoms with Crippen molar-refractivity contribution in [2.24, 2.45) is 5.73 Å². The monoisotopic (exact) mass is 254 g/mol. The van der Waals surface area contributed by atoms with Crippen LogP contribution in [-0.2, 0) is 13.1 Å². The van der Waals surface area contributed by atoms with E-state index >= 15 is 0 Å². The summed E-state index contributed by atoms with van der Waals surface area (Å²) in [7, 11) is 0. The van der Waals surface area contributed by atoms with E-state index < -0.39 is 5.60 Å². The van der Waals surface area contributed by atoms with Crippen LogP contribution in [0.1, 0.15) is 31.9 Å². The van der Waals surface area contributed by atoms with E-state index in [-0.39, 0.29) is 5.82 Å². The van der Waals surface area contributed by atoms with Gasteiger partial charge in [0.2, 0.25) is 0 Å². The second kappa shape index (κ2) is 6.27. The summed E-state index contributed by atoms with van der Waals surface area (Å²) < 4.78 is 13.7. The molecule has 0 bridgehead atoms. The highest BCUT2D eigenvalue weighted by molar-refractivity contribution is 5.25. The van der Waals surface area contributed by atoms with Crippen molar-refractivity contribution in [1.29, 1.82) is 0 Å².